The van der Waals surface area contributed by atoms with Crippen molar-refractivity contribution in [1.29, 1.82) is 0 Å². The summed E-state index contributed by atoms with van der Waals surface area (Å²) in [4.78, 5) is 6.32. The van der Waals surface area contributed by atoms with Crippen molar-refractivity contribution in [2.75, 3.05) is 39.5 Å². The van der Waals surface area contributed by atoms with Crippen LogP contribution in [0, 0.1) is 0 Å². The normalized spacial score (nSPS) is 17.9. The highest BCUT2D eigenvalue weighted by atomic mass is 32.2. The van der Waals surface area contributed by atoms with Crippen LogP contribution < -0.4 is 5.32 Å². The molecule has 1 aromatic carbocycles. The summed E-state index contributed by atoms with van der Waals surface area (Å²) in [6.45, 7) is 4.58. The molecule has 24 heavy (non-hydrogen) atoms. The molecule has 1 fully saturated rings. The van der Waals surface area contributed by atoms with E-state index < -0.39 is 10.0 Å². The molecule has 1 heterocycles. The number of nitrogens with zero attached hydrogens (tertiary/aromatic N) is 3. The van der Waals surface area contributed by atoms with Crippen LogP contribution >= 0.6 is 0 Å². The fourth-order valence-corrected chi connectivity index (χ4v) is 4.38. The van der Waals surface area contributed by atoms with Crippen LogP contribution in [0.3, 0.4) is 0 Å². The number of sulfonamides is 1. The lowest BCUT2D eigenvalue weighted by Crippen LogP contribution is -2.42. The topological polar surface area (TPSA) is 65.0 Å². The summed E-state index contributed by atoms with van der Waals surface area (Å²) in [5, 5.41) is 3.25. The van der Waals surface area contributed by atoms with Crippen molar-refractivity contribution in [2.24, 2.45) is 4.99 Å². The van der Waals surface area contributed by atoms with Crippen LogP contribution in [-0.4, -0.2) is 63.1 Å². The van der Waals surface area contributed by atoms with Gasteiger partial charge in [-0.2, -0.15) is 0 Å². The van der Waals surface area contributed by atoms with E-state index in [0.29, 0.717) is 19.6 Å². The zero-order valence-corrected chi connectivity index (χ0v) is 15.6. The van der Waals surface area contributed by atoms with Crippen LogP contribution in [0.1, 0.15) is 24.5 Å². The van der Waals surface area contributed by atoms with E-state index in [2.05, 4.69) is 41.5 Å². The summed E-state index contributed by atoms with van der Waals surface area (Å²) in [5.74, 6) is 1.04. The average molecular weight is 353 g/mol. The number of guanidine groups is 1. The number of rotatable bonds is 6. The molecule has 1 aliphatic heterocycles. The molecule has 1 aromatic rings. The molecule has 0 atom stereocenters. The number of nitrogens with one attached hydrogen (secondary N) is 1. The molecule has 0 bridgehead atoms. The second-order valence-electron chi connectivity index (χ2n) is 6.07. The quantitative estimate of drug-likeness (QED) is 0.619. The highest BCUT2D eigenvalue weighted by molar-refractivity contribution is 7.89. The van der Waals surface area contributed by atoms with Crippen molar-refractivity contribution in [2.45, 2.75) is 26.3 Å². The molecule has 1 saturated heterocycles. The maximum Gasteiger partial charge on any atom is 0.214 e. The van der Waals surface area contributed by atoms with Crippen LogP contribution in [0.15, 0.2) is 29.3 Å². The van der Waals surface area contributed by atoms with Crippen molar-refractivity contribution in [3.05, 3.63) is 35.4 Å². The minimum atomic E-state index is -3.03. The van der Waals surface area contributed by atoms with E-state index in [1.165, 1.54) is 11.1 Å². The molecule has 134 valence electrons. The Kier molecular flexibility index (Phi) is 6.62. The largest absolute Gasteiger partial charge is 0.355 e. The first-order valence-corrected chi connectivity index (χ1v) is 10.0. The number of hydrogen-bond acceptors (Lipinski definition) is 3. The average Bonchev–Trinajstić information content (AvgIpc) is 2.90. The van der Waals surface area contributed by atoms with Crippen molar-refractivity contribution in [1.82, 2.24) is 14.5 Å². The Labute approximate surface area is 145 Å². The summed E-state index contributed by atoms with van der Waals surface area (Å²) in [6, 6.07) is 8.58. The van der Waals surface area contributed by atoms with E-state index >= 15 is 0 Å². The predicted octanol–water partition coefficient (Wildman–Crippen LogP) is 1.29. The van der Waals surface area contributed by atoms with Crippen LogP contribution in [0.2, 0.25) is 0 Å². The molecule has 2 rings (SSSR count). The standard InChI is InChI=1S/C17H28N4O2S/c1-4-15-6-8-16(9-7-15)14-20(3)17(18-2)19-10-12-21-11-5-13-24(21,22)23/h6-9H,4-5,10-14H2,1-3H3,(H,18,19). The van der Waals surface area contributed by atoms with Gasteiger partial charge in [0.25, 0.3) is 0 Å². The zero-order chi connectivity index (χ0) is 17.6. The van der Waals surface area contributed by atoms with Crippen LogP contribution in [-0.2, 0) is 23.0 Å². The Morgan fingerprint density at radius 3 is 2.50 bits per heavy atom. The van der Waals surface area contributed by atoms with Gasteiger partial charge >= 0.3 is 0 Å². The predicted molar refractivity (Wildman–Crippen MR) is 98.6 cm³/mol. The van der Waals surface area contributed by atoms with Gasteiger partial charge in [-0.05, 0) is 24.0 Å². The fraction of sp³-hybridized carbons (Fsp3) is 0.588. The van der Waals surface area contributed by atoms with Gasteiger partial charge in [-0.1, -0.05) is 31.2 Å². The molecule has 0 saturated carbocycles. The summed E-state index contributed by atoms with van der Waals surface area (Å²) in [6.07, 6.45) is 1.77. The lowest BCUT2D eigenvalue weighted by molar-refractivity contribution is 0.432. The van der Waals surface area contributed by atoms with Gasteiger partial charge in [-0.15, -0.1) is 0 Å². The van der Waals surface area contributed by atoms with Gasteiger partial charge < -0.3 is 10.2 Å². The van der Waals surface area contributed by atoms with E-state index in [1.807, 2.05) is 11.9 Å². The van der Waals surface area contributed by atoms with Crippen molar-refractivity contribution < 1.29 is 8.42 Å². The van der Waals surface area contributed by atoms with Gasteiger partial charge in [-0.3, -0.25) is 4.99 Å². The van der Waals surface area contributed by atoms with E-state index in [-0.39, 0.29) is 5.75 Å². The number of hydrogen-bond donors (Lipinski definition) is 1. The summed E-state index contributed by atoms with van der Waals surface area (Å²) in [7, 11) is 0.696. The molecule has 1 aliphatic rings. The van der Waals surface area contributed by atoms with E-state index in [1.54, 1.807) is 11.4 Å². The first-order chi connectivity index (χ1) is 11.5. The van der Waals surface area contributed by atoms with Gasteiger partial charge in [0.2, 0.25) is 10.0 Å². The molecule has 0 aromatic heterocycles. The zero-order valence-electron chi connectivity index (χ0n) is 14.8. The SMILES string of the molecule is CCc1ccc(CN(C)C(=NC)NCCN2CCCS2(=O)=O)cc1. The third kappa shape index (κ3) is 4.95. The third-order valence-electron chi connectivity index (χ3n) is 4.27. The lowest BCUT2D eigenvalue weighted by Gasteiger charge is -2.23. The first-order valence-electron chi connectivity index (χ1n) is 8.43. The molecular weight excluding hydrogens is 324 g/mol. The van der Waals surface area contributed by atoms with Gasteiger partial charge in [0.05, 0.1) is 5.75 Å². The maximum atomic E-state index is 11.8. The van der Waals surface area contributed by atoms with Gasteiger partial charge in [0.15, 0.2) is 5.96 Å². The number of aryl methyl sites for hydroxylation is 1. The van der Waals surface area contributed by atoms with E-state index in [4.69, 9.17) is 0 Å². The lowest BCUT2D eigenvalue weighted by atomic mass is 10.1. The Balaban J connectivity index is 1.84. The summed E-state index contributed by atoms with van der Waals surface area (Å²) in [5.41, 5.74) is 2.55. The molecule has 1 N–H and O–H groups in total. The third-order valence-corrected chi connectivity index (χ3v) is 6.23. The molecule has 0 unspecified atom stereocenters. The number of benzene rings is 1. The molecule has 0 radical (unpaired) electrons. The smallest absolute Gasteiger partial charge is 0.214 e. The van der Waals surface area contributed by atoms with Gasteiger partial charge in [0, 0.05) is 40.3 Å². The fourth-order valence-electron chi connectivity index (χ4n) is 2.85. The van der Waals surface area contributed by atoms with E-state index in [0.717, 1.165) is 25.3 Å². The van der Waals surface area contributed by atoms with E-state index in [9.17, 15) is 8.42 Å². The molecule has 0 amide bonds. The van der Waals surface area contributed by atoms with Gasteiger partial charge in [0.1, 0.15) is 0 Å². The molecular formula is C17H28N4O2S. The van der Waals surface area contributed by atoms with Crippen LogP contribution in [0.5, 0.6) is 0 Å². The summed E-state index contributed by atoms with van der Waals surface area (Å²) >= 11 is 0. The van der Waals surface area contributed by atoms with Crippen LogP contribution in [0.4, 0.5) is 0 Å². The Morgan fingerprint density at radius 2 is 1.96 bits per heavy atom. The highest BCUT2D eigenvalue weighted by Crippen LogP contribution is 2.12. The molecule has 7 heteroatoms. The minimum absolute atomic E-state index is 0.273. The minimum Gasteiger partial charge on any atom is -0.355 e. The number of aliphatic imine (C=N–C) groups is 1. The van der Waals surface area contributed by atoms with Crippen LogP contribution in [0.25, 0.3) is 0 Å². The van der Waals surface area contributed by atoms with Crippen molar-refractivity contribution in [3.8, 4) is 0 Å². The second kappa shape index (κ2) is 8.48. The molecule has 0 spiro atoms. The molecule has 0 aliphatic carbocycles. The van der Waals surface area contributed by atoms with Crippen molar-refractivity contribution >= 4 is 16.0 Å². The van der Waals surface area contributed by atoms with Crippen molar-refractivity contribution in [3.63, 3.8) is 0 Å². The highest BCUT2D eigenvalue weighted by Gasteiger charge is 2.27. The summed E-state index contributed by atoms with van der Waals surface area (Å²) < 4.78 is 25.1. The molecule has 6 nitrogen and oxygen atoms in total. The Morgan fingerprint density at radius 1 is 1.29 bits per heavy atom. The first kappa shape index (κ1) is 18.7. The Bertz CT molecular complexity index is 656. The maximum absolute atomic E-state index is 11.8. The monoisotopic (exact) mass is 352 g/mol. The van der Waals surface area contributed by atoms with Gasteiger partial charge in [-0.25, -0.2) is 12.7 Å². The Hall–Kier alpha value is -1.60. The second-order valence-corrected chi connectivity index (χ2v) is 8.16.